The van der Waals surface area contributed by atoms with Gasteiger partial charge in [0, 0.05) is 38.3 Å². The van der Waals surface area contributed by atoms with Crippen LogP contribution in [0.3, 0.4) is 0 Å². The highest BCUT2D eigenvalue weighted by Gasteiger charge is 2.02. The fourth-order valence-electron chi connectivity index (χ4n) is 2.49. The molecule has 0 atom stereocenters. The van der Waals surface area contributed by atoms with Crippen LogP contribution in [0.2, 0.25) is 0 Å². The van der Waals surface area contributed by atoms with Gasteiger partial charge in [-0.2, -0.15) is 5.10 Å². The number of hydrogen-bond acceptors (Lipinski definition) is 3. The first kappa shape index (κ1) is 18.1. The monoisotopic (exact) mass is 331 g/mol. The van der Waals surface area contributed by atoms with Crippen LogP contribution in [0, 0.1) is 13.8 Å². The molecule has 0 saturated heterocycles. The van der Waals surface area contributed by atoms with E-state index in [1.807, 2.05) is 19.1 Å². The Bertz CT molecular complexity index is 615. The van der Waals surface area contributed by atoms with Gasteiger partial charge in [-0.3, -0.25) is 9.67 Å². The van der Waals surface area contributed by atoms with Crippen molar-refractivity contribution >= 4 is 5.96 Å². The Hall–Kier alpha value is -2.24. The van der Waals surface area contributed by atoms with Crippen LogP contribution in [-0.2, 0) is 13.0 Å². The lowest BCUT2D eigenvalue weighted by Gasteiger charge is -2.12. The van der Waals surface area contributed by atoms with Crippen molar-refractivity contribution in [2.45, 2.75) is 46.6 Å². The minimum absolute atomic E-state index is 0.806. The number of guanidine groups is 1. The summed E-state index contributed by atoms with van der Waals surface area (Å²) in [5, 5.41) is 11.2. The van der Waals surface area contributed by atoms with Gasteiger partial charge in [0.2, 0.25) is 0 Å². The Kier molecular flexibility index (Phi) is 7.39. The van der Waals surface area contributed by atoms with Crippen LogP contribution in [0.4, 0.5) is 0 Å². The Morgan fingerprint density at radius 1 is 1.29 bits per heavy atom. The molecule has 2 aromatic rings. The molecule has 2 N–H and O–H groups in total. The molecular weight excluding hydrogens is 302 g/mol. The van der Waals surface area contributed by atoms with E-state index in [0.29, 0.717) is 0 Å². The second kappa shape index (κ2) is 9.80. The second-order valence-corrected chi connectivity index (χ2v) is 5.92. The first-order valence-corrected chi connectivity index (χ1v) is 8.74. The number of hydrogen-bond donors (Lipinski definition) is 2. The molecule has 0 aromatic carbocycles. The molecule has 0 bridgehead atoms. The van der Waals surface area contributed by atoms with Crippen LogP contribution in [0.1, 0.15) is 36.9 Å². The van der Waals surface area contributed by atoms with E-state index in [1.54, 1.807) is 6.26 Å². The van der Waals surface area contributed by atoms with Crippen molar-refractivity contribution in [2.75, 3.05) is 19.6 Å². The van der Waals surface area contributed by atoms with E-state index in [2.05, 4.69) is 45.3 Å². The average molecular weight is 331 g/mol. The van der Waals surface area contributed by atoms with Crippen molar-refractivity contribution in [3.8, 4) is 0 Å². The molecule has 0 saturated carbocycles. The lowest BCUT2D eigenvalue weighted by Crippen LogP contribution is -2.39. The summed E-state index contributed by atoms with van der Waals surface area (Å²) >= 11 is 0. The van der Waals surface area contributed by atoms with Crippen molar-refractivity contribution in [3.05, 3.63) is 41.6 Å². The number of furan rings is 1. The smallest absolute Gasteiger partial charge is 0.191 e. The van der Waals surface area contributed by atoms with Gasteiger partial charge in [0.15, 0.2) is 5.96 Å². The van der Waals surface area contributed by atoms with Gasteiger partial charge in [0.05, 0.1) is 12.0 Å². The Morgan fingerprint density at radius 2 is 2.12 bits per heavy atom. The fraction of sp³-hybridized carbons (Fsp3) is 0.556. The molecule has 2 heterocycles. The lowest BCUT2D eigenvalue weighted by atomic mass is 10.3. The van der Waals surface area contributed by atoms with Crippen LogP contribution in [0.5, 0.6) is 0 Å². The summed E-state index contributed by atoms with van der Waals surface area (Å²) in [6.45, 7) is 9.67. The van der Waals surface area contributed by atoms with Gasteiger partial charge in [0.1, 0.15) is 5.76 Å². The van der Waals surface area contributed by atoms with Gasteiger partial charge in [0.25, 0.3) is 0 Å². The predicted octanol–water partition coefficient (Wildman–Crippen LogP) is 2.67. The Labute approximate surface area is 144 Å². The molecule has 2 rings (SSSR count). The first-order valence-electron chi connectivity index (χ1n) is 8.74. The molecule has 2 aromatic heterocycles. The number of nitrogens with one attached hydrogen (secondary N) is 2. The van der Waals surface area contributed by atoms with Crippen LogP contribution in [0.25, 0.3) is 0 Å². The maximum Gasteiger partial charge on any atom is 0.191 e. The molecule has 0 amide bonds. The van der Waals surface area contributed by atoms with Crippen LogP contribution in [-0.4, -0.2) is 35.4 Å². The molecule has 24 heavy (non-hydrogen) atoms. The Balaban J connectivity index is 1.71. The van der Waals surface area contributed by atoms with Crippen molar-refractivity contribution < 1.29 is 4.42 Å². The standard InChI is InChI=1S/C18H29N5O/c1-4-9-19-18(21-11-8-17-7-5-13-24-17)20-10-6-12-23-16(3)14-15(2)22-23/h5,7,13-14H,4,6,8-12H2,1-3H3,(H2,19,20,21). The maximum atomic E-state index is 5.35. The normalized spacial score (nSPS) is 11.7. The van der Waals surface area contributed by atoms with Crippen LogP contribution >= 0.6 is 0 Å². The van der Waals surface area contributed by atoms with Gasteiger partial charge < -0.3 is 15.1 Å². The summed E-state index contributed by atoms with van der Waals surface area (Å²) in [7, 11) is 0. The molecule has 0 unspecified atom stereocenters. The SMILES string of the molecule is CCCN=C(NCCCn1nc(C)cc1C)NCCc1ccco1. The third kappa shape index (κ3) is 6.10. The minimum Gasteiger partial charge on any atom is -0.469 e. The molecule has 132 valence electrons. The third-order valence-electron chi connectivity index (χ3n) is 3.68. The summed E-state index contributed by atoms with van der Waals surface area (Å²) in [5.74, 6) is 1.86. The van der Waals surface area contributed by atoms with Crippen molar-refractivity contribution in [1.29, 1.82) is 0 Å². The molecule has 0 spiro atoms. The first-order chi connectivity index (χ1) is 11.7. The van der Waals surface area contributed by atoms with Gasteiger partial charge >= 0.3 is 0 Å². The van der Waals surface area contributed by atoms with E-state index in [0.717, 1.165) is 62.9 Å². The lowest BCUT2D eigenvalue weighted by molar-refractivity contribution is 0.506. The zero-order valence-electron chi connectivity index (χ0n) is 15.0. The average Bonchev–Trinajstić information content (AvgIpc) is 3.18. The second-order valence-electron chi connectivity index (χ2n) is 5.92. The summed E-state index contributed by atoms with van der Waals surface area (Å²) in [5.41, 5.74) is 2.29. The van der Waals surface area contributed by atoms with Gasteiger partial charge in [-0.25, -0.2) is 0 Å². The third-order valence-corrected chi connectivity index (χ3v) is 3.68. The maximum absolute atomic E-state index is 5.35. The van der Waals surface area contributed by atoms with E-state index in [4.69, 9.17) is 4.42 Å². The number of rotatable bonds is 9. The summed E-state index contributed by atoms with van der Waals surface area (Å²) < 4.78 is 7.41. The van der Waals surface area contributed by atoms with E-state index in [-0.39, 0.29) is 0 Å². The largest absolute Gasteiger partial charge is 0.469 e. The molecule has 6 heteroatoms. The highest BCUT2D eigenvalue weighted by molar-refractivity contribution is 5.79. The van der Waals surface area contributed by atoms with Gasteiger partial charge in [-0.15, -0.1) is 0 Å². The molecule has 0 fully saturated rings. The zero-order valence-corrected chi connectivity index (χ0v) is 15.0. The minimum atomic E-state index is 0.806. The van der Waals surface area contributed by atoms with Crippen LogP contribution < -0.4 is 10.6 Å². The van der Waals surface area contributed by atoms with Crippen molar-refractivity contribution in [2.24, 2.45) is 4.99 Å². The number of aromatic nitrogens is 2. The summed E-state index contributed by atoms with van der Waals surface area (Å²) in [4.78, 5) is 4.57. The van der Waals surface area contributed by atoms with Gasteiger partial charge in [-0.05, 0) is 44.9 Å². The molecule has 6 nitrogen and oxygen atoms in total. The predicted molar refractivity (Wildman–Crippen MR) is 97.3 cm³/mol. The summed E-state index contributed by atoms with van der Waals surface area (Å²) in [6, 6.07) is 6.02. The van der Waals surface area contributed by atoms with E-state index in [1.165, 1.54) is 5.69 Å². The fourth-order valence-corrected chi connectivity index (χ4v) is 2.49. The molecule has 0 radical (unpaired) electrons. The number of aliphatic imine (C=N–C) groups is 1. The molecular formula is C18H29N5O. The zero-order chi connectivity index (χ0) is 17.2. The molecule has 0 aliphatic heterocycles. The van der Waals surface area contributed by atoms with E-state index in [9.17, 15) is 0 Å². The van der Waals surface area contributed by atoms with E-state index < -0.39 is 0 Å². The highest BCUT2D eigenvalue weighted by atomic mass is 16.3. The number of nitrogens with zero attached hydrogens (tertiary/aromatic N) is 3. The number of aryl methyl sites for hydroxylation is 3. The van der Waals surface area contributed by atoms with Crippen LogP contribution in [0.15, 0.2) is 33.9 Å². The molecule has 0 aliphatic rings. The quantitative estimate of drug-likeness (QED) is 0.421. The summed E-state index contributed by atoms with van der Waals surface area (Å²) in [6.07, 6.45) is 4.61. The van der Waals surface area contributed by atoms with E-state index >= 15 is 0 Å². The van der Waals surface area contributed by atoms with Gasteiger partial charge in [-0.1, -0.05) is 6.92 Å². The molecule has 0 aliphatic carbocycles. The topological polar surface area (TPSA) is 67.4 Å². The Morgan fingerprint density at radius 3 is 2.79 bits per heavy atom. The van der Waals surface area contributed by atoms with Crippen molar-refractivity contribution in [3.63, 3.8) is 0 Å². The van der Waals surface area contributed by atoms with Crippen molar-refractivity contribution in [1.82, 2.24) is 20.4 Å². The highest BCUT2D eigenvalue weighted by Crippen LogP contribution is 2.02.